The van der Waals surface area contributed by atoms with Crippen LogP contribution in [0.4, 0.5) is 0 Å². The van der Waals surface area contributed by atoms with Crippen molar-refractivity contribution in [2.24, 2.45) is 0 Å². The Morgan fingerprint density at radius 1 is 1.79 bits per heavy atom. The monoisotopic (exact) mass is 196 g/mol. The number of carbonyl (C=O) groups is 1. The van der Waals surface area contributed by atoms with Crippen LogP contribution in [0.5, 0.6) is 0 Å². The Bertz CT molecular complexity index is 359. The van der Waals surface area contributed by atoms with Crippen molar-refractivity contribution in [3.8, 4) is 0 Å². The van der Waals surface area contributed by atoms with Crippen molar-refractivity contribution in [2.75, 3.05) is 7.11 Å². The first-order chi connectivity index (χ1) is 6.72. The second-order valence-electron chi connectivity index (χ2n) is 3.37. The molecule has 1 aromatic heterocycles. The maximum absolute atomic E-state index is 11.3. The van der Waals surface area contributed by atoms with Crippen LogP contribution in [0.2, 0.25) is 0 Å². The van der Waals surface area contributed by atoms with Gasteiger partial charge in [0.15, 0.2) is 0 Å². The van der Waals surface area contributed by atoms with Gasteiger partial charge in [-0.2, -0.15) is 5.10 Å². The Morgan fingerprint density at radius 3 is 3.29 bits per heavy atom. The van der Waals surface area contributed by atoms with Gasteiger partial charge in [-0.3, -0.25) is 4.68 Å². The van der Waals surface area contributed by atoms with Crippen LogP contribution in [0.1, 0.15) is 22.5 Å². The molecule has 1 aromatic rings. The summed E-state index contributed by atoms with van der Waals surface area (Å²) in [6.45, 7) is 0.660. The highest BCUT2D eigenvalue weighted by atomic mass is 16.5. The van der Waals surface area contributed by atoms with Crippen LogP contribution in [-0.4, -0.2) is 34.1 Å². The standard InChI is InChI=1S/C9H12N2O3/c1-14-9(13)7-5-10-11-3-2-6(12)4-8(7)11/h5-6,12H,2-4H2,1H3. The first-order valence-electron chi connectivity index (χ1n) is 4.53. The zero-order valence-corrected chi connectivity index (χ0v) is 7.93. The van der Waals surface area contributed by atoms with E-state index in [4.69, 9.17) is 0 Å². The highest BCUT2D eigenvalue weighted by molar-refractivity contribution is 5.90. The van der Waals surface area contributed by atoms with E-state index in [2.05, 4.69) is 9.84 Å². The lowest BCUT2D eigenvalue weighted by molar-refractivity contribution is 0.0597. The number of hydrogen-bond donors (Lipinski definition) is 1. The molecule has 2 rings (SSSR count). The molecule has 0 saturated carbocycles. The summed E-state index contributed by atoms with van der Waals surface area (Å²) in [5, 5.41) is 13.5. The highest BCUT2D eigenvalue weighted by Crippen LogP contribution is 2.18. The smallest absolute Gasteiger partial charge is 0.341 e. The van der Waals surface area contributed by atoms with E-state index in [0.29, 0.717) is 24.9 Å². The minimum Gasteiger partial charge on any atom is -0.465 e. The number of aromatic nitrogens is 2. The molecule has 14 heavy (non-hydrogen) atoms. The fourth-order valence-electron chi connectivity index (χ4n) is 1.70. The van der Waals surface area contributed by atoms with Gasteiger partial charge in [-0.15, -0.1) is 0 Å². The number of hydrogen-bond acceptors (Lipinski definition) is 4. The topological polar surface area (TPSA) is 64.3 Å². The Morgan fingerprint density at radius 2 is 2.57 bits per heavy atom. The van der Waals surface area contributed by atoms with Crippen molar-refractivity contribution in [3.05, 3.63) is 17.5 Å². The van der Waals surface area contributed by atoms with Gasteiger partial charge in [0, 0.05) is 13.0 Å². The second kappa shape index (κ2) is 3.42. The molecule has 0 radical (unpaired) electrons. The number of rotatable bonds is 1. The Kier molecular flexibility index (Phi) is 2.25. The molecule has 76 valence electrons. The summed E-state index contributed by atoms with van der Waals surface area (Å²) in [6, 6.07) is 0. The van der Waals surface area contributed by atoms with Crippen molar-refractivity contribution >= 4 is 5.97 Å². The SMILES string of the molecule is COC(=O)c1cnn2c1CC(O)CC2. The first-order valence-corrected chi connectivity index (χ1v) is 4.53. The average molecular weight is 196 g/mol. The van der Waals surface area contributed by atoms with E-state index in [1.54, 1.807) is 4.68 Å². The Hall–Kier alpha value is -1.36. The third-order valence-electron chi connectivity index (χ3n) is 2.46. The lowest BCUT2D eigenvalue weighted by Crippen LogP contribution is -2.25. The second-order valence-corrected chi connectivity index (χ2v) is 3.37. The molecule has 0 amide bonds. The maximum atomic E-state index is 11.3. The van der Waals surface area contributed by atoms with Crippen molar-refractivity contribution in [2.45, 2.75) is 25.5 Å². The third kappa shape index (κ3) is 1.39. The normalized spacial score (nSPS) is 20.3. The van der Waals surface area contributed by atoms with Crippen LogP contribution in [0.3, 0.4) is 0 Å². The van der Waals surface area contributed by atoms with Crippen LogP contribution in [0, 0.1) is 0 Å². The van der Waals surface area contributed by atoms with Crippen molar-refractivity contribution < 1.29 is 14.6 Å². The van der Waals surface area contributed by atoms with Crippen LogP contribution in [0.25, 0.3) is 0 Å². The molecule has 1 aliphatic heterocycles. The number of aliphatic hydroxyl groups excluding tert-OH is 1. The van der Waals surface area contributed by atoms with E-state index in [0.717, 1.165) is 5.69 Å². The maximum Gasteiger partial charge on any atom is 0.341 e. The van der Waals surface area contributed by atoms with Crippen molar-refractivity contribution in [1.29, 1.82) is 0 Å². The van der Waals surface area contributed by atoms with Gasteiger partial charge < -0.3 is 9.84 Å². The zero-order chi connectivity index (χ0) is 10.1. The summed E-state index contributed by atoms with van der Waals surface area (Å²) in [4.78, 5) is 11.3. The number of ether oxygens (including phenoxy) is 1. The molecule has 0 aromatic carbocycles. The molecule has 5 heteroatoms. The molecule has 2 heterocycles. The minimum atomic E-state index is -0.389. The summed E-state index contributed by atoms with van der Waals surface area (Å²) in [5.74, 6) is -0.389. The minimum absolute atomic E-state index is 0.373. The molecule has 1 N–H and O–H groups in total. The third-order valence-corrected chi connectivity index (χ3v) is 2.46. The summed E-state index contributed by atoms with van der Waals surface area (Å²) >= 11 is 0. The molecular formula is C9H12N2O3. The van der Waals surface area contributed by atoms with Crippen LogP contribution in [0.15, 0.2) is 6.20 Å². The summed E-state index contributed by atoms with van der Waals surface area (Å²) < 4.78 is 6.37. The lowest BCUT2D eigenvalue weighted by Gasteiger charge is -2.19. The van der Waals surface area contributed by atoms with Gasteiger partial charge in [0.25, 0.3) is 0 Å². The quantitative estimate of drug-likeness (QED) is 0.641. The summed E-state index contributed by atoms with van der Waals surface area (Å²) in [7, 11) is 1.34. The number of aryl methyl sites for hydroxylation is 1. The predicted molar refractivity (Wildman–Crippen MR) is 47.9 cm³/mol. The number of fused-ring (bicyclic) bond motifs is 1. The number of methoxy groups -OCH3 is 1. The number of aliphatic hydroxyl groups is 1. The van der Waals surface area contributed by atoms with Gasteiger partial charge in [0.1, 0.15) is 5.56 Å². The number of nitrogens with zero attached hydrogens (tertiary/aromatic N) is 2. The number of carbonyl (C=O) groups excluding carboxylic acids is 1. The van der Waals surface area contributed by atoms with Crippen molar-refractivity contribution in [1.82, 2.24) is 9.78 Å². The molecule has 0 aliphatic carbocycles. The Balaban J connectivity index is 2.35. The summed E-state index contributed by atoms with van der Waals surface area (Å²) in [5.41, 5.74) is 1.24. The number of esters is 1. The zero-order valence-electron chi connectivity index (χ0n) is 7.93. The molecule has 1 aliphatic rings. The van der Waals surface area contributed by atoms with Crippen LogP contribution < -0.4 is 0 Å². The summed E-state index contributed by atoms with van der Waals surface area (Å²) in [6.07, 6.45) is 2.29. The molecule has 0 spiro atoms. The fourth-order valence-corrected chi connectivity index (χ4v) is 1.70. The van der Waals surface area contributed by atoms with E-state index in [9.17, 15) is 9.90 Å². The molecule has 1 atom stereocenters. The first kappa shape index (κ1) is 9.21. The van der Waals surface area contributed by atoms with E-state index in [-0.39, 0.29) is 12.1 Å². The molecule has 0 bridgehead atoms. The van der Waals surface area contributed by atoms with E-state index < -0.39 is 0 Å². The molecule has 1 unspecified atom stereocenters. The van der Waals surface area contributed by atoms with Gasteiger partial charge >= 0.3 is 5.97 Å². The van der Waals surface area contributed by atoms with Crippen LogP contribution >= 0.6 is 0 Å². The molecular weight excluding hydrogens is 184 g/mol. The van der Waals surface area contributed by atoms with Crippen LogP contribution in [-0.2, 0) is 17.7 Å². The van der Waals surface area contributed by atoms with Gasteiger partial charge in [0.05, 0.1) is 25.1 Å². The largest absolute Gasteiger partial charge is 0.465 e. The Labute approximate surface area is 81.3 Å². The van der Waals surface area contributed by atoms with Gasteiger partial charge in [0.2, 0.25) is 0 Å². The van der Waals surface area contributed by atoms with Crippen molar-refractivity contribution in [3.63, 3.8) is 0 Å². The van der Waals surface area contributed by atoms with E-state index in [1.165, 1.54) is 13.3 Å². The average Bonchev–Trinajstić information content (AvgIpc) is 2.59. The highest BCUT2D eigenvalue weighted by Gasteiger charge is 2.24. The van der Waals surface area contributed by atoms with Gasteiger partial charge in [-0.1, -0.05) is 0 Å². The van der Waals surface area contributed by atoms with Gasteiger partial charge in [-0.05, 0) is 6.42 Å². The lowest BCUT2D eigenvalue weighted by atomic mass is 10.0. The van der Waals surface area contributed by atoms with E-state index in [1.807, 2.05) is 0 Å². The molecule has 5 nitrogen and oxygen atoms in total. The predicted octanol–water partition coefficient (Wildman–Crippen LogP) is -0.0232. The molecule has 0 fully saturated rings. The molecule has 0 saturated heterocycles. The fraction of sp³-hybridized carbons (Fsp3) is 0.556. The van der Waals surface area contributed by atoms with E-state index >= 15 is 0 Å². The van der Waals surface area contributed by atoms with Gasteiger partial charge in [-0.25, -0.2) is 4.79 Å².